The molecule has 1 aliphatic rings. The van der Waals surface area contributed by atoms with Gasteiger partial charge in [-0.25, -0.2) is 0 Å². The third-order valence-electron chi connectivity index (χ3n) is 3.83. The number of carbonyl (C=O) groups excluding carboxylic acids is 1. The second-order valence-corrected chi connectivity index (χ2v) is 6.81. The summed E-state index contributed by atoms with van der Waals surface area (Å²) in [5.41, 5.74) is 3.05. The zero-order valence-electron chi connectivity index (χ0n) is 13.9. The van der Waals surface area contributed by atoms with Crippen LogP contribution in [0.15, 0.2) is 41.3 Å². The van der Waals surface area contributed by atoms with Gasteiger partial charge >= 0.3 is 0 Å². The van der Waals surface area contributed by atoms with Crippen LogP contribution in [0.5, 0.6) is 11.5 Å². The fourth-order valence-corrected chi connectivity index (χ4v) is 3.29. The molecule has 126 valence electrons. The van der Waals surface area contributed by atoms with Crippen molar-refractivity contribution in [3.8, 4) is 11.5 Å². The van der Waals surface area contributed by atoms with Crippen molar-refractivity contribution < 1.29 is 14.3 Å². The molecule has 1 N–H and O–H groups in total. The molecule has 1 aliphatic heterocycles. The lowest BCUT2D eigenvalue weighted by Crippen LogP contribution is -2.15. The molecule has 0 radical (unpaired) electrons. The smallest absolute Gasteiger partial charge is 0.234 e. The van der Waals surface area contributed by atoms with Crippen LogP contribution in [0, 0.1) is 13.8 Å². The molecule has 0 atom stereocenters. The first kappa shape index (κ1) is 16.7. The highest BCUT2D eigenvalue weighted by molar-refractivity contribution is 8.00. The van der Waals surface area contributed by atoms with Crippen molar-refractivity contribution in [3.05, 3.63) is 47.5 Å². The Morgan fingerprint density at radius 2 is 1.79 bits per heavy atom. The predicted octanol–water partition coefficient (Wildman–Crippen LogP) is 4.20. The lowest BCUT2D eigenvalue weighted by Gasteiger charge is -2.12. The summed E-state index contributed by atoms with van der Waals surface area (Å²) in [4.78, 5) is 13.2. The Morgan fingerprint density at radius 3 is 2.54 bits per heavy atom. The third kappa shape index (κ3) is 4.03. The van der Waals surface area contributed by atoms with E-state index in [9.17, 15) is 4.79 Å². The van der Waals surface area contributed by atoms with Crippen LogP contribution in [0.2, 0.25) is 0 Å². The summed E-state index contributed by atoms with van der Waals surface area (Å²) in [6, 6.07) is 11.8. The number of hydrogen-bond acceptors (Lipinski definition) is 4. The minimum Gasteiger partial charge on any atom is -0.490 e. The van der Waals surface area contributed by atoms with Gasteiger partial charge in [-0.3, -0.25) is 4.79 Å². The van der Waals surface area contributed by atoms with E-state index in [0.29, 0.717) is 19.0 Å². The zero-order chi connectivity index (χ0) is 16.9. The summed E-state index contributed by atoms with van der Waals surface area (Å²) in [7, 11) is 0. The second kappa shape index (κ2) is 7.62. The Morgan fingerprint density at radius 1 is 1.08 bits per heavy atom. The summed E-state index contributed by atoms with van der Waals surface area (Å²) in [5.74, 6) is 1.88. The van der Waals surface area contributed by atoms with Crippen LogP contribution in [0.25, 0.3) is 0 Å². The average Bonchev–Trinajstić information content (AvgIpc) is 2.81. The highest BCUT2D eigenvalue weighted by atomic mass is 32.2. The van der Waals surface area contributed by atoms with Gasteiger partial charge in [-0.2, -0.15) is 0 Å². The van der Waals surface area contributed by atoms with Crippen molar-refractivity contribution in [2.45, 2.75) is 25.2 Å². The quantitative estimate of drug-likeness (QED) is 0.846. The van der Waals surface area contributed by atoms with E-state index in [1.165, 1.54) is 11.8 Å². The van der Waals surface area contributed by atoms with Gasteiger partial charge < -0.3 is 14.8 Å². The normalized spacial score (nSPS) is 13.2. The Balaban J connectivity index is 1.61. The number of thioether (sulfide) groups is 1. The number of fused-ring (bicyclic) bond motifs is 1. The molecule has 2 aromatic rings. The summed E-state index contributed by atoms with van der Waals surface area (Å²) < 4.78 is 11.3. The van der Waals surface area contributed by atoms with Crippen LogP contribution in [0.4, 0.5) is 5.69 Å². The van der Waals surface area contributed by atoms with Gasteiger partial charge in [-0.15, -0.1) is 11.8 Å². The SMILES string of the molecule is Cc1cccc(C)c1NC(=O)CSc1ccc2c(c1)OCCCO2. The number of anilines is 1. The fraction of sp³-hybridized carbons (Fsp3) is 0.316. The molecule has 0 unspecified atom stereocenters. The van der Waals surface area contributed by atoms with E-state index in [4.69, 9.17) is 9.47 Å². The number of benzene rings is 2. The van der Waals surface area contributed by atoms with Crippen molar-refractivity contribution >= 4 is 23.4 Å². The topological polar surface area (TPSA) is 47.6 Å². The molecule has 24 heavy (non-hydrogen) atoms. The minimum absolute atomic E-state index is 0.00971. The van der Waals surface area contributed by atoms with E-state index in [1.54, 1.807) is 0 Å². The van der Waals surface area contributed by atoms with Gasteiger partial charge in [0.2, 0.25) is 5.91 Å². The van der Waals surface area contributed by atoms with Crippen molar-refractivity contribution in [1.82, 2.24) is 0 Å². The Kier molecular flexibility index (Phi) is 5.30. The standard InChI is InChI=1S/C19H21NO3S/c1-13-5-3-6-14(2)19(13)20-18(21)12-24-15-7-8-16-17(11-15)23-10-4-9-22-16/h3,5-8,11H,4,9-10,12H2,1-2H3,(H,20,21). The van der Waals surface area contributed by atoms with Gasteiger partial charge in [0.05, 0.1) is 19.0 Å². The first-order chi connectivity index (χ1) is 11.6. The van der Waals surface area contributed by atoms with Gasteiger partial charge in [0.25, 0.3) is 0 Å². The molecule has 2 aromatic carbocycles. The average molecular weight is 343 g/mol. The first-order valence-corrected chi connectivity index (χ1v) is 9.00. The highest BCUT2D eigenvalue weighted by Crippen LogP contribution is 2.34. The van der Waals surface area contributed by atoms with Crippen LogP contribution in [-0.2, 0) is 4.79 Å². The third-order valence-corrected chi connectivity index (χ3v) is 4.83. The zero-order valence-corrected chi connectivity index (χ0v) is 14.7. The molecule has 0 spiro atoms. The maximum absolute atomic E-state index is 12.2. The van der Waals surface area contributed by atoms with Crippen LogP contribution in [0.3, 0.4) is 0 Å². The van der Waals surface area contributed by atoms with E-state index in [0.717, 1.165) is 39.6 Å². The lowest BCUT2D eigenvalue weighted by atomic mass is 10.1. The Labute approximate surface area is 146 Å². The van der Waals surface area contributed by atoms with E-state index in [1.807, 2.05) is 50.2 Å². The number of ether oxygens (including phenoxy) is 2. The molecule has 4 nitrogen and oxygen atoms in total. The number of carbonyl (C=O) groups is 1. The molecular formula is C19H21NO3S. The second-order valence-electron chi connectivity index (χ2n) is 5.76. The maximum atomic E-state index is 12.2. The largest absolute Gasteiger partial charge is 0.490 e. The number of nitrogens with one attached hydrogen (secondary N) is 1. The van der Waals surface area contributed by atoms with E-state index >= 15 is 0 Å². The summed E-state index contributed by atoms with van der Waals surface area (Å²) in [6.45, 7) is 5.34. The summed E-state index contributed by atoms with van der Waals surface area (Å²) in [5, 5.41) is 3.01. The number of aryl methyl sites for hydroxylation is 2. The molecule has 0 aliphatic carbocycles. The predicted molar refractivity (Wildman–Crippen MR) is 97.3 cm³/mol. The number of amides is 1. The Hall–Kier alpha value is -2.14. The molecule has 3 rings (SSSR count). The van der Waals surface area contributed by atoms with Gasteiger partial charge in [0.15, 0.2) is 11.5 Å². The van der Waals surface area contributed by atoms with E-state index in [2.05, 4.69) is 5.32 Å². The first-order valence-electron chi connectivity index (χ1n) is 8.02. The van der Waals surface area contributed by atoms with Crippen LogP contribution >= 0.6 is 11.8 Å². The summed E-state index contributed by atoms with van der Waals surface area (Å²) >= 11 is 1.49. The monoisotopic (exact) mass is 343 g/mol. The molecule has 0 aromatic heterocycles. The van der Waals surface area contributed by atoms with Crippen molar-refractivity contribution in [3.63, 3.8) is 0 Å². The van der Waals surface area contributed by atoms with Crippen LogP contribution < -0.4 is 14.8 Å². The summed E-state index contributed by atoms with van der Waals surface area (Å²) in [6.07, 6.45) is 0.884. The molecule has 0 saturated heterocycles. The van der Waals surface area contributed by atoms with E-state index in [-0.39, 0.29) is 5.91 Å². The van der Waals surface area contributed by atoms with Gasteiger partial charge in [-0.1, -0.05) is 18.2 Å². The highest BCUT2D eigenvalue weighted by Gasteiger charge is 2.12. The number of para-hydroxylation sites is 1. The molecule has 0 saturated carbocycles. The lowest BCUT2D eigenvalue weighted by molar-refractivity contribution is -0.113. The van der Waals surface area contributed by atoms with Crippen molar-refractivity contribution in [2.24, 2.45) is 0 Å². The van der Waals surface area contributed by atoms with Crippen LogP contribution in [-0.4, -0.2) is 24.9 Å². The maximum Gasteiger partial charge on any atom is 0.234 e. The van der Waals surface area contributed by atoms with Crippen molar-refractivity contribution in [2.75, 3.05) is 24.3 Å². The number of rotatable bonds is 4. The van der Waals surface area contributed by atoms with Gasteiger partial charge in [-0.05, 0) is 43.2 Å². The van der Waals surface area contributed by atoms with E-state index < -0.39 is 0 Å². The molecule has 5 heteroatoms. The van der Waals surface area contributed by atoms with Crippen molar-refractivity contribution in [1.29, 1.82) is 0 Å². The fourth-order valence-electron chi connectivity index (χ4n) is 2.57. The molecule has 1 heterocycles. The molecule has 1 amide bonds. The minimum atomic E-state index is -0.00971. The van der Waals surface area contributed by atoms with Gasteiger partial charge in [0.1, 0.15) is 0 Å². The Bertz CT molecular complexity index is 725. The molecule has 0 bridgehead atoms. The molecular weight excluding hydrogens is 322 g/mol. The van der Waals surface area contributed by atoms with Gasteiger partial charge in [0, 0.05) is 17.0 Å². The number of hydrogen-bond donors (Lipinski definition) is 1. The molecule has 0 fully saturated rings. The van der Waals surface area contributed by atoms with Crippen LogP contribution in [0.1, 0.15) is 17.5 Å².